The molecule has 32 heavy (non-hydrogen) atoms. The minimum Gasteiger partial charge on any atom is -0.492 e. The van der Waals surface area contributed by atoms with E-state index in [0.717, 1.165) is 5.56 Å². The van der Waals surface area contributed by atoms with Gasteiger partial charge < -0.3 is 18.9 Å². The molecule has 3 aromatic rings. The number of hydrogen-bond donors (Lipinski definition) is 0. The molecule has 3 rings (SSSR count). The van der Waals surface area contributed by atoms with E-state index in [9.17, 15) is 9.18 Å². The van der Waals surface area contributed by atoms with Gasteiger partial charge in [-0.05, 0) is 38.5 Å². The van der Waals surface area contributed by atoms with Crippen molar-refractivity contribution in [1.29, 1.82) is 0 Å². The second-order valence-electron chi connectivity index (χ2n) is 7.38. The summed E-state index contributed by atoms with van der Waals surface area (Å²) in [6, 6.07) is 11.8. The van der Waals surface area contributed by atoms with Crippen LogP contribution in [-0.2, 0) is 6.61 Å². The zero-order chi connectivity index (χ0) is 23.4. The monoisotopic (exact) mass is 438 g/mol. The number of ketones is 1. The Kier molecular flexibility index (Phi) is 7.03. The van der Waals surface area contributed by atoms with E-state index in [1.165, 1.54) is 27.4 Å². The van der Waals surface area contributed by atoms with Crippen molar-refractivity contribution in [2.24, 2.45) is 0 Å². The Morgan fingerprint density at radius 3 is 1.94 bits per heavy atom. The number of methoxy groups -OCH3 is 3. The first kappa shape index (κ1) is 23.1. The molecule has 0 radical (unpaired) electrons. The summed E-state index contributed by atoms with van der Waals surface area (Å²) in [7, 11) is 4.56. The number of benzene rings is 3. The summed E-state index contributed by atoms with van der Waals surface area (Å²) in [5, 5.41) is 0. The fourth-order valence-electron chi connectivity index (χ4n) is 3.92. The molecule has 0 aliphatic heterocycles. The minimum atomic E-state index is -0.357. The van der Waals surface area contributed by atoms with Gasteiger partial charge in [0.1, 0.15) is 18.2 Å². The lowest BCUT2D eigenvalue weighted by Crippen LogP contribution is -2.13. The van der Waals surface area contributed by atoms with E-state index < -0.39 is 0 Å². The fraction of sp³-hybridized carbons (Fsp3) is 0.269. The van der Waals surface area contributed by atoms with Crippen LogP contribution in [0, 0.1) is 26.6 Å². The van der Waals surface area contributed by atoms with Gasteiger partial charge in [-0.15, -0.1) is 0 Å². The van der Waals surface area contributed by atoms with Crippen LogP contribution in [0.1, 0.15) is 38.2 Å². The summed E-state index contributed by atoms with van der Waals surface area (Å²) in [4.78, 5) is 13.8. The standard InChI is InChI=1S/C26H27FO5/c1-15-10-9-13-20(32-14-18-11-7-8-12-19(18)27)21(15)23(28)22-16(2)24(29-4)26(31-6)25(30-5)17(22)3/h7-13H,14H2,1-6H3. The van der Waals surface area contributed by atoms with Crippen molar-refractivity contribution >= 4 is 5.78 Å². The number of ether oxygens (including phenoxy) is 4. The zero-order valence-corrected chi connectivity index (χ0v) is 19.2. The predicted molar refractivity (Wildman–Crippen MR) is 121 cm³/mol. The van der Waals surface area contributed by atoms with Crippen LogP contribution in [0.3, 0.4) is 0 Å². The highest BCUT2D eigenvalue weighted by Gasteiger charge is 2.28. The van der Waals surface area contributed by atoms with Gasteiger partial charge in [0.25, 0.3) is 0 Å². The van der Waals surface area contributed by atoms with Gasteiger partial charge in [-0.1, -0.05) is 30.3 Å². The summed E-state index contributed by atoms with van der Waals surface area (Å²) in [6.07, 6.45) is 0. The van der Waals surface area contributed by atoms with Crippen molar-refractivity contribution in [3.8, 4) is 23.0 Å². The van der Waals surface area contributed by atoms with Gasteiger partial charge in [-0.3, -0.25) is 4.79 Å². The molecule has 0 heterocycles. The molecule has 0 bridgehead atoms. The Morgan fingerprint density at radius 1 is 0.781 bits per heavy atom. The van der Waals surface area contributed by atoms with Crippen LogP contribution in [0.25, 0.3) is 0 Å². The highest BCUT2D eigenvalue weighted by atomic mass is 19.1. The first-order valence-corrected chi connectivity index (χ1v) is 10.1. The van der Waals surface area contributed by atoms with Crippen LogP contribution in [0.5, 0.6) is 23.0 Å². The first-order valence-electron chi connectivity index (χ1n) is 10.1. The van der Waals surface area contributed by atoms with Gasteiger partial charge in [0.05, 0.1) is 26.9 Å². The molecule has 0 fully saturated rings. The lowest BCUT2D eigenvalue weighted by Gasteiger charge is -2.21. The molecule has 168 valence electrons. The van der Waals surface area contributed by atoms with Crippen LogP contribution in [0.4, 0.5) is 4.39 Å². The molecule has 0 spiro atoms. The highest BCUT2D eigenvalue weighted by Crippen LogP contribution is 2.45. The van der Waals surface area contributed by atoms with E-state index in [-0.39, 0.29) is 18.2 Å². The van der Waals surface area contributed by atoms with Crippen molar-refractivity contribution in [3.63, 3.8) is 0 Å². The van der Waals surface area contributed by atoms with Crippen molar-refractivity contribution in [2.75, 3.05) is 21.3 Å². The van der Waals surface area contributed by atoms with Gasteiger partial charge in [0.15, 0.2) is 17.3 Å². The minimum absolute atomic E-state index is 0.00360. The molecule has 0 aromatic heterocycles. The molecule has 0 saturated heterocycles. The van der Waals surface area contributed by atoms with E-state index in [1.54, 1.807) is 44.2 Å². The maximum atomic E-state index is 14.1. The lowest BCUT2D eigenvalue weighted by molar-refractivity contribution is 0.103. The summed E-state index contributed by atoms with van der Waals surface area (Å²) < 4.78 is 36.5. The fourth-order valence-corrected chi connectivity index (χ4v) is 3.92. The van der Waals surface area contributed by atoms with Crippen molar-refractivity contribution < 1.29 is 28.1 Å². The molecule has 0 amide bonds. The number of aryl methyl sites for hydroxylation is 1. The molecule has 0 aliphatic rings. The Bertz CT molecular complexity index is 1120. The number of carbonyl (C=O) groups excluding carboxylic acids is 1. The molecular formula is C26H27FO5. The van der Waals surface area contributed by atoms with Crippen LogP contribution in [0.15, 0.2) is 42.5 Å². The third kappa shape index (κ3) is 4.13. The topological polar surface area (TPSA) is 54.0 Å². The van der Waals surface area contributed by atoms with Gasteiger partial charge in [0.2, 0.25) is 5.75 Å². The van der Waals surface area contributed by atoms with Gasteiger partial charge in [-0.2, -0.15) is 0 Å². The number of halogens is 1. The SMILES string of the molecule is COc1c(C)c(C(=O)c2c(C)cccc2OCc2ccccc2F)c(C)c(OC)c1OC. The quantitative estimate of drug-likeness (QED) is 0.429. The van der Waals surface area contributed by atoms with Crippen molar-refractivity contribution in [1.82, 2.24) is 0 Å². The molecular weight excluding hydrogens is 411 g/mol. The lowest BCUT2D eigenvalue weighted by atomic mass is 9.90. The second kappa shape index (κ2) is 9.73. The number of rotatable bonds is 8. The molecule has 5 nitrogen and oxygen atoms in total. The average molecular weight is 438 g/mol. The van der Waals surface area contributed by atoms with Gasteiger partial charge >= 0.3 is 0 Å². The van der Waals surface area contributed by atoms with Crippen LogP contribution >= 0.6 is 0 Å². The highest BCUT2D eigenvalue weighted by molar-refractivity contribution is 6.14. The summed E-state index contributed by atoms with van der Waals surface area (Å²) in [5.41, 5.74) is 3.28. The zero-order valence-electron chi connectivity index (χ0n) is 19.2. The molecule has 6 heteroatoms. The normalized spacial score (nSPS) is 10.6. The summed E-state index contributed by atoms with van der Waals surface area (Å²) >= 11 is 0. The van der Waals surface area contributed by atoms with E-state index in [0.29, 0.717) is 50.8 Å². The molecule has 0 atom stereocenters. The van der Waals surface area contributed by atoms with Crippen molar-refractivity contribution in [3.05, 3.63) is 81.7 Å². The average Bonchev–Trinajstić information content (AvgIpc) is 2.78. The van der Waals surface area contributed by atoms with Crippen LogP contribution in [0.2, 0.25) is 0 Å². The summed E-state index contributed by atoms with van der Waals surface area (Å²) in [6.45, 7) is 5.45. The third-order valence-corrected chi connectivity index (χ3v) is 5.49. The van der Waals surface area contributed by atoms with E-state index in [2.05, 4.69) is 0 Å². The van der Waals surface area contributed by atoms with E-state index >= 15 is 0 Å². The summed E-state index contributed by atoms with van der Waals surface area (Å²) in [5.74, 6) is 1.08. The van der Waals surface area contributed by atoms with Crippen molar-refractivity contribution in [2.45, 2.75) is 27.4 Å². The largest absolute Gasteiger partial charge is 0.492 e. The Labute approximate surface area is 187 Å². The van der Waals surface area contributed by atoms with Gasteiger partial charge in [0, 0.05) is 22.3 Å². The Balaban J connectivity index is 2.12. The number of carbonyl (C=O) groups is 1. The van der Waals surface area contributed by atoms with E-state index in [4.69, 9.17) is 18.9 Å². The Hall–Kier alpha value is -3.54. The maximum Gasteiger partial charge on any atom is 0.203 e. The predicted octanol–water partition coefficient (Wildman–Crippen LogP) is 5.59. The molecule has 3 aromatic carbocycles. The first-order chi connectivity index (χ1) is 15.3. The maximum absolute atomic E-state index is 14.1. The molecule has 0 N–H and O–H groups in total. The smallest absolute Gasteiger partial charge is 0.203 e. The molecule has 0 saturated carbocycles. The van der Waals surface area contributed by atoms with Crippen LogP contribution in [-0.4, -0.2) is 27.1 Å². The molecule has 0 aliphatic carbocycles. The van der Waals surface area contributed by atoms with Crippen LogP contribution < -0.4 is 18.9 Å². The van der Waals surface area contributed by atoms with E-state index in [1.807, 2.05) is 13.0 Å². The van der Waals surface area contributed by atoms with Gasteiger partial charge in [-0.25, -0.2) is 4.39 Å². The molecule has 0 unspecified atom stereocenters. The third-order valence-electron chi connectivity index (χ3n) is 5.49. The second-order valence-corrected chi connectivity index (χ2v) is 7.38. The number of hydrogen-bond acceptors (Lipinski definition) is 5. The Morgan fingerprint density at radius 2 is 1.38 bits per heavy atom.